The van der Waals surface area contributed by atoms with E-state index in [0.717, 1.165) is 28.5 Å². The van der Waals surface area contributed by atoms with Gasteiger partial charge in [0.2, 0.25) is 11.1 Å². The fourth-order valence-corrected chi connectivity index (χ4v) is 7.95. The highest BCUT2D eigenvalue weighted by molar-refractivity contribution is 8.01. The lowest BCUT2D eigenvalue weighted by molar-refractivity contribution is -0.154. The first-order valence-corrected chi connectivity index (χ1v) is 17.0. The second-order valence-electron chi connectivity index (χ2n) is 10.3. The summed E-state index contributed by atoms with van der Waals surface area (Å²) in [6, 6.07) is 17.6. The van der Waals surface area contributed by atoms with E-state index in [4.69, 9.17) is 16.2 Å². The SMILES string of the molecule is Cn1nnnc1SCC1=C(C(=O)OC(c2ccccc2)c2ccccc2)N2C(=O)C(NC(=O)C(=CC(N)=O)c3csc(N)n3)[C@H]2SC1. The Kier molecular flexibility index (Phi) is 9.37. The van der Waals surface area contributed by atoms with E-state index < -0.39 is 41.2 Å². The van der Waals surface area contributed by atoms with Crippen molar-refractivity contribution < 1.29 is 23.9 Å². The monoisotopic (exact) mass is 689 g/mol. The second kappa shape index (κ2) is 13.8. The molecule has 5 N–H and O–H groups in total. The van der Waals surface area contributed by atoms with Gasteiger partial charge in [-0.25, -0.2) is 14.5 Å². The molecule has 1 unspecified atom stereocenters. The summed E-state index contributed by atoms with van der Waals surface area (Å²) in [5.74, 6) is -2.14. The molecule has 2 aliphatic rings. The molecule has 2 atom stereocenters. The Morgan fingerprint density at radius 2 is 1.81 bits per heavy atom. The van der Waals surface area contributed by atoms with Crippen LogP contribution in [0.5, 0.6) is 0 Å². The Morgan fingerprint density at radius 1 is 1.13 bits per heavy atom. The average Bonchev–Trinajstić information content (AvgIpc) is 3.70. The van der Waals surface area contributed by atoms with Crippen molar-refractivity contribution in [2.75, 3.05) is 17.2 Å². The summed E-state index contributed by atoms with van der Waals surface area (Å²) in [5.41, 5.74) is 13.4. The predicted octanol–water partition coefficient (Wildman–Crippen LogP) is 1.90. The van der Waals surface area contributed by atoms with Crippen molar-refractivity contribution in [3.8, 4) is 0 Å². The predicted molar refractivity (Wildman–Crippen MR) is 176 cm³/mol. The van der Waals surface area contributed by atoms with E-state index in [1.165, 1.54) is 38.5 Å². The summed E-state index contributed by atoms with van der Waals surface area (Å²) >= 11 is 3.78. The number of thiazole rings is 1. The third-order valence-corrected chi connectivity index (χ3v) is 10.4. The number of benzene rings is 2. The second-order valence-corrected chi connectivity index (χ2v) is 13.3. The summed E-state index contributed by atoms with van der Waals surface area (Å²) in [6.07, 6.45) is 0.187. The molecule has 1 fully saturated rings. The van der Waals surface area contributed by atoms with Gasteiger partial charge in [0, 0.05) is 30.0 Å². The van der Waals surface area contributed by atoms with Crippen LogP contribution in [0.15, 0.2) is 88.5 Å². The van der Waals surface area contributed by atoms with Gasteiger partial charge in [0.15, 0.2) is 11.2 Å². The number of ether oxygens (including phenoxy) is 1. The number of rotatable bonds is 11. The van der Waals surface area contributed by atoms with E-state index in [9.17, 15) is 19.2 Å². The number of hydrogen-bond acceptors (Lipinski definition) is 13. The lowest BCUT2D eigenvalue weighted by atomic mass is 10.0. The summed E-state index contributed by atoms with van der Waals surface area (Å²) in [4.78, 5) is 58.4. The summed E-state index contributed by atoms with van der Waals surface area (Å²) < 4.78 is 7.70. The summed E-state index contributed by atoms with van der Waals surface area (Å²) in [7, 11) is 1.70. The fourth-order valence-electron chi connectivity index (χ4n) is 5.05. The van der Waals surface area contributed by atoms with Crippen molar-refractivity contribution in [2.45, 2.75) is 22.7 Å². The Labute approximate surface area is 280 Å². The summed E-state index contributed by atoms with van der Waals surface area (Å²) in [5, 5.41) is 15.8. The highest BCUT2D eigenvalue weighted by atomic mass is 32.2. The van der Waals surface area contributed by atoms with Gasteiger partial charge in [0.1, 0.15) is 17.1 Å². The molecule has 240 valence electrons. The topological polar surface area (TPSA) is 201 Å². The first-order valence-electron chi connectivity index (χ1n) is 14.1. The van der Waals surface area contributed by atoms with E-state index >= 15 is 0 Å². The van der Waals surface area contributed by atoms with Gasteiger partial charge in [-0.3, -0.25) is 19.3 Å². The zero-order valence-corrected chi connectivity index (χ0v) is 27.1. The van der Waals surface area contributed by atoms with Gasteiger partial charge in [-0.2, -0.15) is 0 Å². The van der Waals surface area contributed by atoms with E-state index in [1.807, 2.05) is 60.7 Å². The molecule has 4 heterocycles. The number of thioether (sulfide) groups is 2. The van der Waals surface area contributed by atoms with Crippen molar-refractivity contribution in [3.05, 3.63) is 100 Å². The van der Waals surface area contributed by atoms with Gasteiger partial charge in [0.25, 0.3) is 11.8 Å². The van der Waals surface area contributed by atoms with Crippen molar-refractivity contribution in [1.29, 1.82) is 0 Å². The Hall–Kier alpha value is -5.00. The minimum atomic E-state index is -1.00. The molecule has 0 aliphatic carbocycles. The van der Waals surface area contributed by atoms with Gasteiger partial charge < -0.3 is 21.5 Å². The average molecular weight is 690 g/mol. The molecule has 17 heteroatoms. The normalized spacial score (nSPS) is 17.7. The van der Waals surface area contributed by atoms with E-state index in [1.54, 1.807) is 7.05 Å². The number of carbonyl (C=O) groups excluding carboxylic acids is 4. The number of amides is 3. The molecule has 2 aromatic carbocycles. The Bertz CT molecular complexity index is 1850. The summed E-state index contributed by atoms with van der Waals surface area (Å²) in [6.45, 7) is 0. The number of esters is 1. The number of primary amides is 1. The maximum absolute atomic E-state index is 14.2. The van der Waals surface area contributed by atoms with Crippen LogP contribution >= 0.6 is 34.9 Å². The number of aromatic nitrogens is 5. The largest absolute Gasteiger partial charge is 0.448 e. The van der Waals surface area contributed by atoms with E-state index in [2.05, 4.69) is 25.8 Å². The minimum Gasteiger partial charge on any atom is -0.448 e. The van der Waals surface area contributed by atoms with Crippen LogP contribution in [0.25, 0.3) is 5.57 Å². The number of nitrogens with one attached hydrogen (secondary N) is 1. The van der Waals surface area contributed by atoms with Gasteiger partial charge in [-0.15, -0.1) is 28.2 Å². The van der Waals surface area contributed by atoms with Crippen LogP contribution in [-0.2, 0) is 31.0 Å². The lowest BCUT2D eigenvalue weighted by Crippen LogP contribution is -2.70. The van der Waals surface area contributed by atoms with Crippen LogP contribution in [0, 0.1) is 0 Å². The van der Waals surface area contributed by atoms with Crippen LogP contribution in [0.3, 0.4) is 0 Å². The molecular weight excluding hydrogens is 663 g/mol. The van der Waals surface area contributed by atoms with Gasteiger partial charge in [-0.05, 0) is 27.1 Å². The molecule has 1 saturated heterocycles. The fraction of sp³-hybridized carbons (Fsp3) is 0.200. The molecule has 0 radical (unpaired) electrons. The van der Waals surface area contributed by atoms with E-state index in [-0.39, 0.29) is 22.1 Å². The third-order valence-electron chi connectivity index (χ3n) is 7.24. The Morgan fingerprint density at radius 3 is 2.38 bits per heavy atom. The zero-order valence-electron chi connectivity index (χ0n) is 24.7. The molecule has 14 nitrogen and oxygen atoms in total. The lowest BCUT2D eigenvalue weighted by Gasteiger charge is -2.49. The molecule has 0 bridgehead atoms. The highest BCUT2D eigenvalue weighted by Crippen LogP contribution is 2.43. The third kappa shape index (κ3) is 6.77. The standard InChI is InChI=1S/C30H27N9O5S3/c1-38-30(35-36-37-38)47-14-18-13-45-27-22(34-25(41)19(12-21(31)40)20-15-46-29(32)33-20)26(42)39(27)23(18)28(43)44-24(16-8-4-2-5-9-16)17-10-6-3-7-11-17/h2-12,15,22,24,27H,13-14H2,1H3,(H2,31,40)(H2,32,33)(H,34,41)/t22?,27-/m1/s1. The first kappa shape index (κ1) is 32.0. The van der Waals surface area contributed by atoms with E-state index in [0.29, 0.717) is 22.2 Å². The maximum atomic E-state index is 14.2. The quantitative estimate of drug-likeness (QED) is 0.0895. The molecule has 2 aliphatic heterocycles. The first-order chi connectivity index (χ1) is 22.7. The molecule has 2 aromatic heterocycles. The zero-order chi connectivity index (χ0) is 33.1. The number of nitrogens with zero attached hydrogens (tertiary/aromatic N) is 6. The van der Waals surface area contributed by atoms with Crippen LogP contribution in [0.1, 0.15) is 22.9 Å². The number of anilines is 1. The Balaban J connectivity index is 1.29. The molecule has 3 amide bonds. The smallest absolute Gasteiger partial charge is 0.356 e. The number of aryl methyl sites for hydroxylation is 1. The number of hydrogen-bond donors (Lipinski definition) is 3. The molecule has 4 aromatic rings. The number of nitrogens with two attached hydrogens (primary N) is 2. The van der Waals surface area contributed by atoms with Crippen LogP contribution in [-0.4, -0.2) is 76.7 Å². The molecule has 0 saturated carbocycles. The number of nitrogen functional groups attached to an aromatic ring is 1. The number of carbonyl (C=O) groups is 4. The van der Waals surface area contributed by atoms with Crippen molar-refractivity contribution in [3.63, 3.8) is 0 Å². The molecule has 6 rings (SSSR count). The number of tetrazole rings is 1. The van der Waals surface area contributed by atoms with Crippen LogP contribution < -0.4 is 16.8 Å². The van der Waals surface area contributed by atoms with Crippen LogP contribution in [0.4, 0.5) is 5.13 Å². The van der Waals surface area contributed by atoms with Crippen molar-refractivity contribution in [1.82, 2.24) is 35.4 Å². The number of β-lactam (4-membered cyclic amide) rings is 1. The van der Waals surface area contributed by atoms with Crippen molar-refractivity contribution >= 4 is 69.3 Å². The molecule has 47 heavy (non-hydrogen) atoms. The van der Waals surface area contributed by atoms with Gasteiger partial charge >= 0.3 is 5.97 Å². The highest BCUT2D eigenvalue weighted by Gasteiger charge is 2.55. The van der Waals surface area contributed by atoms with Gasteiger partial charge in [-0.1, -0.05) is 72.4 Å². The number of fused-ring (bicyclic) bond motifs is 1. The van der Waals surface area contributed by atoms with Gasteiger partial charge in [0.05, 0.1) is 11.3 Å². The minimum absolute atomic E-state index is 0.101. The molecule has 0 spiro atoms. The molecular formula is C30H27N9O5S3. The maximum Gasteiger partial charge on any atom is 0.356 e. The van der Waals surface area contributed by atoms with Crippen molar-refractivity contribution in [2.24, 2.45) is 12.8 Å². The van der Waals surface area contributed by atoms with Crippen LogP contribution in [0.2, 0.25) is 0 Å².